The number of fused-ring (bicyclic) bond motifs is 1. The van der Waals surface area contributed by atoms with E-state index in [1.54, 1.807) is 55.5 Å². The Bertz CT molecular complexity index is 1100. The lowest BCUT2D eigenvalue weighted by molar-refractivity contribution is 0.611. The van der Waals surface area contributed by atoms with Gasteiger partial charge in [-0.1, -0.05) is 48.0 Å². The lowest BCUT2D eigenvalue weighted by atomic mass is 10.2. The van der Waals surface area contributed by atoms with E-state index >= 15 is 0 Å². The summed E-state index contributed by atoms with van der Waals surface area (Å²) in [6.45, 7) is 1.78. The van der Waals surface area contributed by atoms with Crippen molar-refractivity contribution in [3.63, 3.8) is 0 Å². The Morgan fingerprint density at radius 1 is 1.08 bits per heavy atom. The number of nitrogens with one attached hydrogen (secondary N) is 1. The Kier molecular flexibility index (Phi) is 3.63. The Labute approximate surface area is 149 Å². The number of hydrogen-bond acceptors (Lipinski definition) is 4. The zero-order valence-corrected chi connectivity index (χ0v) is 14.7. The van der Waals surface area contributed by atoms with Crippen LogP contribution in [0.4, 0.5) is 11.5 Å². The first-order valence-electron chi connectivity index (χ1n) is 7.48. The molecule has 1 aromatic heterocycles. The smallest absolute Gasteiger partial charge is 0.260 e. The highest BCUT2D eigenvalue weighted by Crippen LogP contribution is 2.37. The van der Waals surface area contributed by atoms with Crippen LogP contribution in [0.25, 0.3) is 5.69 Å². The van der Waals surface area contributed by atoms with Crippen molar-refractivity contribution in [1.29, 1.82) is 0 Å². The SMILES string of the molecule is Cc1nn(-c2cccc(Cl)c2)c2c1N=C(c1ccccc1)S(=O)(=O)N2. The Morgan fingerprint density at radius 3 is 2.56 bits per heavy atom. The molecule has 0 saturated heterocycles. The first kappa shape index (κ1) is 15.9. The molecule has 0 spiro atoms. The van der Waals surface area contributed by atoms with Gasteiger partial charge in [-0.05, 0) is 25.1 Å². The van der Waals surface area contributed by atoms with Crippen molar-refractivity contribution in [2.45, 2.75) is 6.92 Å². The van der Waals surface area contributed by atoms with Gasteiger partial charge in [-0.15, -0.1) is 0 Å². The quantitative estimate of drug-likeness (QED) is 0.745. The number of rotatable bonds is 2. The molecule has 0 radical (unpaired) electrons. The second-order valence-electron chi connectivity index (χ2n) is 5.56. The Balaban J connectivity index is 1.93. The van der Waals surface area contributed by atoms with E-state index in [1.165, 1.54) is 4.68 Å². The minimum atomic E-state index is -3.81. The number of aryl methyl sites for hydroxylation is 1. The predicted octanol–water partition coefficient (Wildman–Crippen LogP) is 3.67. The zero-order valence-electron chi connectivity index (χ0n) is 13.1. The number of aromatic nitrogens is 2. The molecular weight excluding hydrogens is 360 g/mol. The van der Waals surface area contributed by atoms with Crippen molar-refractivity contribution in [1.82, 2.24) is 9.78 Å². The number of hydrogen-bond donors (Lipinski definition) is 1. The predicted molar refractivity (Wildman–Crippen MR) is 98.5 cm³/mol. The fourth-order valence-electron chi connectivity index (χ4n) is 2.68. The average molecular weight is 373 g/mol. The van der Waals surface area contributed by atoms with Gasteiger partial charge in [0, 0.05) is 10.6 Å². The van der Waals surface area contributed by atoms with Crippen LogP contribution in [0.1, 0.15) is 11.3 Å². The number of halogens is 1. The molecular formula is C17H13ClN4O2S. The second kappa shape index (κ2) is 5.72. The van der Waals surface area contributed by atoms with Crippen molar-refractivity contribution in [2.24, 2.45) is 4.99 Å². The third kappa shape index (κ3) is 2.71. The highest BCUT2D eigenvalue weighted by Gasteiger charge is 2.32. The molecule has 0 amide bonds. The van der Waals surface area contributed by atoms with Gasteiger partial charge in [0.1, 0.15) is 5.69 Å². The monoisotopic (exact) mass is 372 g/mol. The molecule has 4 rings (SSSR count). The summed E-state index contributed by atoms with van der Waals surface area (Å²) in [7, 11) is -3.81. The maximum absolute atomic E-state index is 12.7. The largest absolute Gasteiger partial charge is 0.281 e. The molecule has 25 heavy (non-hydrogen) atoms. The first-order valence-corrected chi connectivity index (χ1v) is 9.34. The highest BCUT2D eigenvalue weighted by molar-refractivity contribution is 8.08. The molecule has 0 aliphatic carbocycles. The van der Waals surface area contributed by atoms with E-state index in [4.69, 9.17) is 11.6 Å². The summed E-state index contributed by atoms with van der Waals surface area (Å²) < 4.78 is 29.5. The summed E-state index contributed by atoms with van der Waals surface area (Å²) in [6, 6.07) is 15.8. The molecule has 0 saturated carbocycles. The molecule has 1 aliphatic heterocycles. The van der Waals surface area contributed by atoms with Crippen LogP contribution in [0.15, 0.2) is 59.6 Å². The van der Waals surface area contributed by atoms with E-state index in [0.29, 0.717) is 33.5 Å². The maximum Gasteiger partial charge on any atom is 0.281 e. The molecule has 1 aliphatic rings. The van der Waals surface area contributed by atoms with Crippen molar-refractivity contribution >= 4 is 38.2 Å². The summed E-state index contributed by atoms with van der Waals surface area (Å²) >= 11 is 6.04. The second-order valence-corrected chi connectivity index (χ2v) is 7.60. The standard InChI is InChI=1S/C17H13ClN4O2S/c1-11-15-16(22(20-11)14-9-5-8-13(18)10-14)21-25(23,24)17(19-15)12-6-3-2-4-7-12/h2-10,21H,1H3. The lowest BCUT2D eigenvalue weighted by Gasteiger charge is -2.17. The molecule has 2 heterocycles. The molecule has 3 aromatic rings. The van der Waals surface area contributed by atoms with Gasteiger partial charge in [0.2, 0.25) is 0 Å². The normalized spacial score (nSPS) is 15.2. The molecule has 0 fully saturated rings. The number of anilines is 1. The van der Waals surface area contributed by atoms with Crippen LogP contribution in [0, 0.1) is 6.92 Å². The van der Waals surface area contributed by atoms with Gasteiger partial charge in [-0.25, -0.2) is 9.67 Å². The minimum Gasteiger partial charge on any atom is -0.260 e. The van der Waals surface area contributed by atoms with Gasteiger partial charge < -0.3 is 0 Å². The number of nitrogens with zero attached hydrogens (tertiary/aromatic N) is 3. The van der Waals surface area contributed by atoms with E-state index in [9.17, 15) is 8.42 Å². The zero-order chi connectivity index (χ0) is 17.6. The van der Waals surface area contributed by atoms with Gasteiger partial charge >= 0.3 is 0 Å². The molecule has 2 aromatic carbocycles. The fraction of sp³-hybridized carbons (Fsp3) is 0.0588. The lowest BCUT2D eigenvalue weighted by Crippen LogP contribution is -2.27. The van der Waals surface area contributed by atoms with Crippen molar-refractivity contribution in [3.8, 4) is 5.69 Å². The third-order valence-electron chi connectivity index (χ3n) is 3.80. The van der Waals surface area contributed by atoms with Gasteiger partial charge in [0.05, 0.1) is 11.4 Å². The van der Waals surface area contributed by atoms with Crippen LogP contribution in [0.5, 0.6) is 0 Å². The van der Waals surface area contributed by atoms with Crippen LogP contribution >= 0.6 is 11.6 Å². The highest BCUT2D eigenvalue weighted by atomic mass is 35.5. The maximum atomic E-state index is 12.7. The van der Waals surface area contributed by atoms with E-state index in [2.05, 4.69) is 14.8 Å². The van der Waals surface area contributed by atoms with Crippen LogP contribution in [0.2, 0.25) is 5.02 Å². The first-order chi connectivity index (χ1) is 12.0. The average Bonchev–Trinajstić information content (AvgIpc) is 2.89. The number of benzene rings is 2. The molecule has 0 unspecified atom stereocenters. The molecule has 8 heteroatoms. The summed E-state index contributed by atoms with van der Waals surface area (Å²) in [5.41, 5.74) is 2.29. The topological polar surface area (TPSA) is 76.3 Å². The van der Waals surface area contributed by atoms with Crippen LogP contribution < -0.4 is 4.72 Å². The molecule has 126 valence electrons. The minimum absolute atomic E-state index is 0.0191. The Hall–Kier alpha value is -2.64. The van der Waals surface area contributed by atoms with E-state index in [0.717, 1.165) is 0 Å². The molecule has 6 nitrogen and oxygen atoms in total. The van der Waals surface area contributed by atoms with Gasteiger partial charge in [-0.3, -0.25) is 4.72 Å². The van der Waals surface area contributed by atoms with Crippen molar-refractivity contribution in [2.75, 3.05) is 4.72 Å². The van der Waals surface area contributed by atoms with E-state index in [-0.39, 0.29) is 5.04 Å². The number of sulfonamides is 1. The van der Waals surface area contributed by atoms with Crippen LogP contribution in [-0.2, 0) is 10.0 Å². The van der Waals surface area contributed by atoms with E-state index < -0.39 is 10.0 Å². The van der Waals surface area contributed by atoms with Crippen molar-refractivity contribution in [3.05, 3.63) is 70.9 Å². The summed E-state index contributed by atoms with van der Waals surface area (Å²) in [6.07, 6.45) is 0. The van der Waals surface area contributed by atoms with Crippen LogP contribution in [0.3, 0.4) is 0 Å². The molecule has 0 atom stereocenters. The van der Waals surface area contributed by atoms with Gasteiger partial charge in [-0.2, -0.15) is 13.5 Å². The molecule has 0 bridgehead atoms. The van der Waals surface area contributed by atoms with Crippen molar-refractivity contribution < 1.29 is 8.42 Å². The summed E-state index contributed by atoms with van der Waals surface area (Å²) in [4.78, 5) is 4.39. The number of aliphatic imine (C=N–C) groups is 1. The Morgan fingerprint density at radius 2 is 1.84 bits per heavy atom. The van der Waals surface area contributed by atoms with Gasteiger partial charge in [0.25, 0.3) is 10.0 Å². The molecule has 1 N–H and O–H groups in total. The van der Waals surface area contributed by atoms with Crippen LogP contribution in [-0.4, -0.2) is 23.2 Å². The third-order valence-corrected chi connectivity index (χ3v) is 5.33. The van der Waals surface area contributed by atoms with E-state index in [1.807, 2.05) is 6.07 Å². The van der Waals surface area contributed by atoms with Gasteiger partial charge in [0.15, 0.2) is 10.9 Å². The summed E-state index contributed by atoms with van der Waals surface area (Å²) in [5, 5.41) is 4.94. The summed E-state index contributed by atoms with van der Waals surface area (Å²) in [5.74, 6) is 0.305. The fourth-order valence-corrected chi connectivity index (χ4v) is 4.05.